The van der Waals surface area contributed by atoms with Gasteiger partial charge in [-0.1, -0.05) is 6.92 Å². The van der Waals surface area contributed by atoms with Crippen LogP contribution < -0.4 is 0 Å². The SMILES string of the molecule is CCC(C)(OC)c1nnnn1C(C)C(=O)O. The Morgan fingerprint density at radius 1 is 1.69 bits per heavy atom. The molecule has 0 saturated carbocycles. The summed E-state index contributed by atoms with van der Waals surface area (Å²) in [5, 5.41) is 20.0. The molecule has 7 nitrogen and oxygen atoms in total. The summed E-state index contributed by atoms with van der Waals surface area (Å²) in [7, 11) is 1.55. The van der Waals surface area contributed by atoms with Crippen molar-refractivity contribution < 1.29 is 14.6 Å². The van der Waals surface area contributed by atoms with Crippen LogP contribution in [0.4, 0.5) is 0 Å². The number of aliphatic carboxylic acids is 1. The highest BCUT2D eigenvalue weighted by Gasteiger charge is 2.33. The molecule has 0 amide bonds. The molecule has 90 valence electrons. The van der Waals surface area contributed by atoms with E-state index < -0.39 is 17.6 Å². The van der Waals surface area contributed by atoms with Gasteiger partial charge in [0.15, 0.2) is 11.9 Å². The first-order chi connectivity index (χ1) is 7.46. The Kier molecular flexibility index (Phi) is 3.58. The number of methoxy groups -OCH3 is 1. The van der Waals surface area contributed by atoms with Gasteiger partial charge in [0.1, 0.15) is 5.60 Å². The number of carboxylic acid groups (broad SMARTS) is 1. The molecule has 1 aromatic rings. The average molecular weight is 228 g/mol. The predicted molar refractivity (Wildman–Crippen MR) is 54.8 cm³/mol. The molecule has 0 fully saturated rings. The zero-order valence-electron chi connectivity index (χ0n) is 9.84. The van der Waals surface area contributed by atoms with E-state index in [-0.39, 0.29) is 0 Å². The molecule has 2 unspecified atom stereocenters. The summed E-state index contributed by atoms with van der Waals surface area (Å²) in [6, 6.07) is -0.814. The van der Waals surface area contributed by atoms with Crippen molar-refractivity contribution in [2.45, 2.75) is 38.8 Å². The molecular weight excluding hydrogens is 212 g/mol. The van der Waals surface area contributed by atoms with Crippen LogP contribution in [0.15, 0.2) is 0 Å². The largest absolute Gasteiger partial charge is 0.480 e. The van der Waals surface area contributed by atoms with Gasteiger partial charge < -0.3 is 9.84 Å². The molecule has 1 aromatic heterocycles. The van der Waals surface area contributed by atoms with Gasteiger partial charge in [0, 0.05) is 7.11 Å². The molecular formula is C9H16N4O3. The van der Waals surface area contributed by atoms with E-state index in [9.17, 15) is 4.79 Å². The topological polar surface area (TPSA) is 90.1 Å². The summed E-state index contributed by atoms with van der Waals surface area (Å²) in [5.74, 6) is -0.560. The smallest absolute Gasteiger partial charge is 0.328 e. The van der Waals surface area contributed by atoms with Gasteiger partial charge in [-0.15, -0.1) is 5.10 Å². The first-order valence-corrected chi connectivity index (χ1v) is 5.02. The number of carbonyl (C=O) groups is 1. The van der Waals surface area contributed by atoms with Crippen LogP contribution in [-0.2, 0) is 15.1 Å². The van der Waals surface area contributed by atoms with Crippen LogP contribution in [0.25, 0.3) is 0 Å². The number of rotatable bonds is 5. The highest BCUT2D eigenvalue weighted by molar-refractivity contribution is 5.71. The summed E-state index contributed by atoms with van der Waals surface area (Å²) >= 11 is 0. The first kappa shape index (κ1) is 12.6. The molecule has 0 aliphatic rings. The van der Waals surface area contributed by atoms with Crippen molar-refractivity contribution in [2.75, 3.05) is 7.11 Å². The minimum Gasteiger partial charge on any atom is -0.480 e. The molecule has 7 heteroatoms. The van der Waals surface area contributed by atoms with Gasteiger partial charge >= 0.3 is 5.97 Å². The number of aromatic nitrogens is 4. The van der Waals surface area contributed by atoms with Crippen LogP contribution in [0.3, 0.4) is 0 Å². The monoisotopic (exact) mass is 228 g/mol. The Labute approximate surface area is 93.4 Å². The molecule has 0 radical (unpaired) electrons. The normalized spacial score (nSPS) is 16.8. The Balaban J connectivity index is 3.16. The van der Waals surface area contributed by atoms with Gasteiger partial charge in [0.2, 0.25) is 0 Å². The third kappa shape index (κ3) is 2.04. The van der Waals surface area contributed by atoms with E-state index in [1.54, 1.807) is 7.11 Å². The molecule has 0 saturated heterocycles. The van der Waals surface area contributed by atoms with E-state index in [0.717, 1.165) is 0 Å². The second-order valence-corrected chi connectivity index (χ2v) is 3.75. The predicted octanol–water partition coefficient (Wildman–Crippen LogP) is 0.590. The second-order valence-electron chi connectivity index (χ2n) is 3.75. The van der Waals surface area contributed by atoms with Crippen molar-refractivity contribution in [3.8, 4) is 0 Å². The Hall–Kier alpha value is -1.50. The summed E-state index contributed by atoms with van der Waals surface area (Å²) in [5.41, 5.74) is -0.673. The highest BCUT2D eigenvalue weighted by atomic mass is 16.5. The third-order valence-electron chi connectivity index (χ3n) is 2.82. The fraction of sp³-hybridized carbons (Fsp3) is 0.778. The Bertz CT molecular complexity index is 373. The lowest BCUT2D eigenvalue weighted by atomic mass is 10.0. The van der Waals surface area contributed by atoms with Gasteiger partial charge in [-0.2, -0.15) is 0 Å². The fourth-order valence-corrected chi connectivity index (χ4v) is 1.30. The van der Waals surface area contributed by atoms with E-state index in [4.69, 9.17) is 9.84 Å². The Morgan fingerprint density at radius 3 is 2.75 bits per heavy atom. The zero-order valence-corrected chi connectivity index (χ0v) is 9.84. The van der Waals surface area contributed by atoms with Crippen molar-refractivity contribution in [1.82, 2.24) is 20.2 Å². The molecule has 1 heterocycles. The lowest BCUT2D eigenvalue weighted by molar-refractivity contribution is -0.141. The first-order valence-electron chi connectivity index (χ1n) is 5.02. The van der Waals surface area contributed by atoms with E-state index in [0.29, 0.717) is 12.2 Å². The number of ether oxygens (including phenoxy) is 1. The van der Waals surface area contributed by atoms with E-state index in [1.165, 1.54) is 11.6 Å². The number of tetrazole rings is 1. The fourth-order valence-electron chi connectivity index (χ4n) is 1.30. The summed E-state index contributed by atoms with van der Waals surface area (Å²) in [4.78, 5) is 10.9. The summed E-state index contributed by atoms with van der Waals surface area (Å²) in [6.45, 7) is 5.27. The van der Waals surface area contributed by atoms with Crippen molar-refractivity contribution >= 4 is 5.97 Å². The van der Waals surface area contributed by atoms with Crippen LogP contribution in [0, 0.1) is 0 Å². The van der Waals surface area contributed by atoms with Crippen molar-refractivity contribution in [1.29, 1.82) is 0 Å². The number of hydrogen-bond acceptors (Lipinski definition) is 5. The van der Waals surface area contributed by atoms with Gasteiger partial charge in [-0.25, -0.2) is 9.48 Å². The molecule has 2 atom stereocenters. The number of hydrogen-bond donors (Lipinski definition) is 1. The molecule has 16 heavy (non-hydrogen) atoms. The summed E-state index contributed by atoms with van der Waals surface area (Å²) < 4.78 is 6.62. The number of carboxylic acids is 1. The minimum atomic E-state index is -0.983. The molecule has 0 aromatic carbocycles. The zero-order chi connectivity index (χ0) is 12.3. The lowest BCUT2D eigenvalue weighted by Crippen LogP contribution is -2.31. The molecule has 1 N–H and O–H groups in total. The van der Waals surface area contributed by atoms with E-state index in [1.807, 2.05) is 13.8 Å². The van der Waals surface area contributed by atoms with E-state index >= 15 is 0 Å². The summed E-state index contributed by atoms with van der Waals surface area (Å²) in [6.07, 6.45) is 0.649. The van der Waals surface area contributed by atoms with Gasteiger partial charge in [0.25, 0.3) is 0 Å². The lowest BCUT2D eigenvalue weighted by Gasteiger charge is -2.25. The maximum absolute atomic E-state index is 10.9. The van der Waals surface area contributed by atoms with Crippen molar-refractivity contribution in [2.24, 2.45) is 0 Å². The quantitative estimate of drug-likeness (QED) is 0.793. The van der Waals surface area contributed by atoms with Gasteiger partial charge in [-0.3, -0.25) is 0 Å². The van der Waals surface area contributed by atoms with Crippen molar-refractivity contribution in [3.05, 3.63) is 5.82 Å². The second kappa shape index (κ2) is 4.56. The standard InChI is InChI=1S/C9H16N4O3/c1-5-9(3,16-4)8-10-11-12-13(8)6(2)7(14)15/h6H,5H2,1-4H3,(H,14,15). The van der Waals surface area contributed by atoms with Gasteiger partial charge in [0.05, 0.1) is 0 Å². The molecule has 1 rings (SSSR count). The molecule has 0 bridgehead atoms. The highest BCUT2D eigenvalue weighted by Crippen LogP contribution is 2.27. The van der Waals surface area contributed by atoms with Crippen LogP contribution in [0.2, 0.25) is 0 Å². The number of nitrogens with zero attached hydrogens (tertiary/aromatic N) is 4. The minimum absolute atomic E-state index is 0.424. The van der Waals surface area contributed by atoms with Crippen molar-refractivity contribution in [3.63, 3.8) is 0 Å². The molecule has 0 spiro atoms. The van der Waals surface area contributed by atoms with Crippen LogP contribution in [0.1, 0.15) is 39.1 Å². The van der Waals surface area contributed by atoms with E-state index in [2.05, 4.69) is 15.5 Å². The molecule has 0 aliphatic heterocycles. The Morgan fingerprint density at radius 2 is 2.31 bits per heavy atom. The maximum Gasteiger partial charge on any atom is 0.328 e. The molecule has 0 aliphatic carbocycles. The van der Waals surface area contributed by atoms with Crippen LogP contribution in [0.5, 0.6) is 0 Å². The van der Waals surface area contributed by atoms with Crippen LogP contribution >= 0.6 is 0 Å². The third-order valence-corrected chi connectivity index (χ3v) is 2.82. The van der Waals surface area contributed by atoms with Gasteiger partial charge in [-0.05, 0) is 30.7 Å². The van der Waals surface area contributed by atoms with Crippen LogP contribution in [-0.4, -0.2) is 38.4 Å². The average Bonchev–Trinajstić information content (AvgIpc) is 2.76. The maximum atomic E-state index is 10.9.